The summed E-state index contributed by atoms with van der Waals surface area (Å²) >= 11 is 0. The number of nitrogens with zero attached hydrogens (tertiary/aromatic N) is 1. The molecule has 5 nitrogen and oxygen atoms in total. The molecular weight excluding hydrogens is 300 g/mol. The molecule has 6 heteroatoms. The van der Waals surface area contributed by atoms with Gasteiger partial charge in [-0.25, -0.2) is 13.6 Å². The molecule has 0 radical (unpaired) electrons. The molecule has 1 heterocycles. The Balaban J connectivity index is 1.90. The highest BCUT2D eigenvalue weighted by atomic mass is 32.2. The summed E-state index contributed by atoms with van der Waals surface area (Å²) < 4.78 is 28.1. The Labute approximate surface area is 129 Å². The van der Waals surface area contributed by atoms with Crippen LogP contribution in [0.3, 0.4) is 0 Å². The number of aryl methyl sites for hydroxylation is 1. The first-order chi connectivity index (χ1) is 10.5. The van der Waals surface area contributed by atoms with Crippen LogP contribution in [-0.4, -0.2) is 13.6 Å². The van der Waals surface area contributed by atoms with E-state index < -0.39 is 10.0 Å². The van der Waals surface area contributed by atoms with E-state index >= 15 is 0 Å². The predicted molar refractivity (Wildman–Crippen MR) is 84.6 cm³/mol. The van der Waals surface area contributed by atoms with Gasteiger partial charge in [-0.15, -0.1) is 0 Å². The van der Waals surface area contributed by atoms with Crippen molar-refractivity contribution < 1.29 is 12.9 Å². The molecule has 0 saturated carbocycles. The summed E-state index contributed by atoms with van der Waals surface area (Å²) in [6.45, 7) is 1.89. The van der Waals surface area contributed by atoms with Crippen molar-refractivity contribution in [3.63, 3.8) is 0 Å². The zero-order valence-electron chi connectivity index (χ0n) is 12.3. The van der Waals surface area contributed by atoms with Crippen molar-refractivity contribution in [1.82, 2.24) is 5.16 Å². The normalized spacial score (nSPS) is 24.5. The van der Waals surface area contributed by atoms with Gasteiger partial charge in [0.1, 0.15) is 5.76 Å². The van der Waals surface area contributed by atoms with Crippen LogP contribution in [0.4, 0.5) is 0 Å². The van der Waals surface area contributed by atoms with Crippen molar-refractivity contribution in [1.29, 1.82) is 0 Å². The Hall–Kier alpha value is -1.92. The summed E-state index contributed by atoms with van der Waals surface area (Å²) in [7, 11) is -3.64. The van der Waals surface area contributed by atoms with Gasteiger partial charge in [0, 0.05) is 17.4 Å². The summed E-state index contributed by atoms with van der Waals surface area (Å²) in [5, 5.41) is 9.38. The second kappa shape index (κ2) is 5.70. The molecule has 0 fully saturated rings. The highest BCUT2D eigenvalue weighted by Gasteiger charge is 2.26. The van der Waals surface area contributed by atoms with Crippen LogP contribution in [0.1, 0.15) is 41.7 Å². The Morgan fingerprint density at radius 1 is 1.23 bits per heavy atom. The molecule has 0 bridgehead atoms. The molecule has 3 rings (SSSR count). The van der Waals surface area contributed by atoms with Crippen molar-refractivity contribution in [2.45, 2.75) is 31.6 Å². The van der Waals surface area contributed by atoms with E-state index in [-0.39, 0.29) is 16.7 Å². The molecule has 1 aromatic rings. The number of hydrogen-bond donors (Lipinski definition) is 1. The maximum atomic E-state index is 11.4. The number of sulfonamides is 1. The van der Waals surface area contributed by atoms with Gasteiger partial charge in [-0.3, -0.25) is 0 Å². The lowest BCUT2D eigenvalue weighted by atomic mass is 9.85. The lowest BCUT2D eigenvalue weighted by Gasteiger charge is -2.18. The largest absolute Gasteiger partial charge is 0.361 e. The highest BCUT2D eigenvalue weighted by molar-refractivity contribution is 7.93. The molecule has 0 aromatic carbocycles. The summed E-state index contributed by atoms with van der Waals surface area (Å²) in [4.78, 5) is 0.167. The van der Waals surface area contributed by atoms with Crippen LogP contribution in [0.2, 0.25) is 0 Å². The number of nitrogens with two attached hydrogens (primary N) is 1. The topological polar surface area (TPSA) is 86.2 Å². The minimum atomic E-state index is -3.64. The lowest BCUT2D eigenvalue weighted by molar-refractivity contribution is 0.387. The first kappa shape index (κ1) is 15.0. The number of allylic oxidation sites excluding steroid dienone is 7. The van der Waals surface area contributed by atoms with Crippen LogP contribution in [0.5, 0.6) is 0 Å². The first-order valence-electron chi connectivity index (χ1n) is 7.17. The molecule has 2 aliphatic rings. The number of rotatable bonds is 3. The van der Waals surface area contributed by atoms with Crippen LogP contribution in [-0.2, 0) is 10.0 Å². The van der Waals surface area contributed by atoms with Crippen LogP contribution in [0.15, 0.2) is 52.0 Å². The van der Waals surface area contributed by atoms with Crippen molar-refractivity contribution in [3.05, 3.63) is 64.5 Å². The molecular formula is C16H18N2O3S. The summed E-state index contributed by atoms with van der Waals surface area (Å²) in [6.07, 6.45) is 14.8. The fraction of sp³-hybridized carbons (Fsp3) is 0.312. The fourth-order valence-electron chi connectivity index (χ4n) is 2.92. The molecule has 2 atom stereocenters. The number of hydrogen-bond acceptors (Lipinski definition) is 4. The van der Waals surface area contributed by atoms with Gasteiger partial charge in [0.15, 0.2) is 0 Å². The predicted octanol–water partition coefficient (Wildman–Crippen LogP) is 2.80. The van der Waals surface area contributed by atoms with Crippen LogP contribution in [0, 0.1) is 6.92 Å². The van der Waals surface area contributed by atoms with E-state index in [0.717, 1.165) is 23.4 Å². The minimum absolute atomic E-state index is 0.0612. The Kier molecular flexibility index (Phi) is 3.88. The first-order valence-corrected chi connectivity index (χ1v) is 8.72. The molecule has 2 N–H and O–H groups in total. The van der Waals surface area contributed by atoms with E-state index in [0.29, 0.717) is 6.42 Å². The van der Waals surface area contributed by atoms with Crippen LogP contribution >= 0.6 is 0 Å². The van der Waals surface area contributed by atoms with Gasteiger partial charge in [-0.2, -0.15) is 0 Å². The number of primary sulfonamides is 1. The third kappa shape index (κ3) is 2.84. The van der Waals surface area contributed by atoms with E-state index in [4.69, 9.17) is 9.66 Å². The zero-order chi connectivity index (χ0) is 15.7. The van der Waals surface area contributed by atoms with Crippen molar-refractivity contribution >= 4 is 10.0 Å². The highest BCUT2D eigenvalue weighted by Crippen LogP contribution is 2.37. The molecule has 1 aromatic heterocycles. The van der Waals surface area contributed by atoms with E-state index in [1.54, 1.807) is 12.2 Å². The van der Waals surface area contributed by atoms with E-state index in [1.165, 1.54) is 0 Å². The summed E-state index contributed by atoms with van der Waals surface area (Å²) in [5.41, 5.74) is 1.98. The van der Waals surface area contributed by atoms with E-state index in [1.807, 2.05) is 25.2 Å². The molecule has 2 aliphatic carbocycles. The maximum absolute atomic E-state index is 11.4. The third-order valence-electron chi connectivity index (χ3n) is 4.03. The minimum Gasteiger partial charge on any atom is -0.361 e. The Morgan fingerprint density at radius 3 is 2.64 bits per heavy atom. The van der Waals surface area contributed by atoms with Gasteiger partial charge in [-0.1, -0.05) is 41.6 Å². The van der Waals surface area contributed by atoms with Crippen molar-refractivity contribution in [2.75, 3.05) is 0 Å². The van der Waals surface area contributed by atoms with Gasteiger partial charge in [-0.05, 0) is 25.8 Å². The van der Waals surface area contributed by atoms with Gasteiger partial charge in [0.2, 0.25) is 10.0 Å². The van der Waals surface area contributed by atoms with Crippen LogP contribution < -0.4 is 5.14 Å². The van der Waals surface area contributed by atoms with Gasteiger partial charge >= 0.3 is 0 Å². The lowest BCUT2D eigenvalue weighted by Crippen LogP contribution is -2.15. The summed E-state index contributed by atoms with van der Waals surface area (Å²) in [6, 6.07) is 0. The molecule has 2 unspecified atom stereocenters. The van der Waals surface area contributed by atoms with Crippen LogP contribution in [0.25, 0.3) is 0 Å². The molecule has 0 saturated heterocycles. The Bertz CT molecular complexity index is 797. The fourth-order valence-corrected chi connectivity index (χ4v) is 3.52. The molecule has 0 aliphatic heterocycles. The van der Waals surface area contributed by atoms with Crippen molar-refractivity contribution in [2.24, 2.45) is 5.14 Å². The van der Waals surface area contributed by atoms with Crippen molar-refractivity contribution in [3.8, 4) is 0 Å². The van der Waals surface area contributed by atoms with E-state index in [2.05, 4.69) is 17.3 Å². The standard InChI is InChI=1S/C16H18N2O3S/c1-11-15(12-7-9-14(10-8-12)22(17,19)20)16(18-21-11)13-5-3-2-4-6-13/h2-5,7,9-10,12-13H,6,8H2,1H3,(H2,17,19,20). The molecule has 22 heavy (non-hydrogen) atoms. The summed E-state index contributed by atoms with van der Waals surface area (Å²) in [5.74, 6) is 1.04. The smallest absolute Gasteiger partial charge is 0.237 e. The average molecular weight is 318 g/mol. The average Bonchev–Trinajstić information content (AvgIpc) is 2.89. The molecule has 0 spiro atoms. The quantitative estimate of drug-likeness (QED) is 0.928. The second-order valence-corrected chi connectivity index (χ2v) is 7.11. The van der Waals surface area contributed by atoms with Gasteiger partial charge in [0.25, 0.3) is 0 Å². The SMILES string of the molecule is Cc1onc(C2C=CC=CC2)c1C1C=CC(S(N)(=O)=O)=CC1. The second-order valence-electron chi connectivity index (χ2n) is 5.55. The van der Waals surface area contributed by atoms with Gasteiger partial charge in [0.05, 0.1) is 10.6 Å². The number of aromatic nitrogens is 1. The Morgan fingerprint density at radius 2 is 2.05 bits per heavy atom. The third-order valence-corrected chi connectivity index (χ3v) is 4.99. The zero-order valence-corrected chi connectivity index (χ0v) is 13.1. The maximum Gasteiger partial charge on any atom is 0.237 e. The molecule has 0 amide bonds. The van der Waals surface area contributed by atoms with E-state index in [9.17, 15) is 8.42 Å². The molecule has 116 valence electrons. The monoisotopic (exact) mass is 318 g/mol. The van der Waals surface area contributed by atoms with Gasteiger partial charge < -0.3 is 4.52 Å².